The van der Waals surface area contributed by atoms with Gasteiger partial charge in [-0.1, -0.05) is 146 Å². The second-order valence-electron chi connectivity index (χ2n) is 13.9. The molecule has 1 amide bonds. The van der Waals surface area contributed by atoms with Crippen LogP contribution in [0.25, 0.3) is 0 Å². The second kappa shape index (κ2) is 31.4. The van der Waals surface area contributed by atoms with Gasteiger partial charge < -0.3 is 28.8 Å². The molecule has 9 heteroatoms. The lowest BCUT2D eigenvalue weighted by atomic mass is 10.0. The van der Waals surface area contributed by atoms with E-state index in [0.29, 0.717) is 23.9 Å². The number of nitrogens with one attached hydrogen (secondary N) is 1. The number of phosphoric ester groups is 1. The van der Waals surface area contributed by atoms with Crippen molar-refractivity contribution in [2.75, 3.05) is 40.9 Å². The molecule has 0 aromatic heterocycles. The first kappa shape index (κ1) is 46.5. The normalized spacial score (nSPS) is 15.2. The smallest absolute Gasteiger partial charge is 0.268 e. The fraction of sp³-hybridized carbons (Fsp3) is 0.769. The molecule has 0 aromatic rings. The number of amides is 1. The number of allylic oxidation sites excluding steroid dienone is 8. The van der Waals surface area contributed by atoms with Crippen LogP contribution in [0.2, 0.25) is 0 Å². The van der Waals surface area contributed by atoms with Crippen molar-refractivity contribution in [2.45, 2.75) is 154 Å². The van der Waals surface area contributed by atoms with Gasteiger partial charge in [0.25, 0.3) is 7.82 Å². The minimum atomic E-state index is -4.57. The lowest BCUT2D eigenvalue weighted by molar-refractivity contribution is -0.870. The Hall–Kier alpha value is -1.54. The first-order valence-electron chi connectivity index (χ1n) is 19.0. The SMILES string of the molecule is CC/C=C\C/C=C\C/C=C\C/C=C\CCC(=O)NC(COP(=O)([O-])OCC[N+](C)(C)C)C(O)CCCCCCCCCCCCCCC. The standard InChI is InChI=1S/C39H73N2O6P/c1-6-8-10-12-14-16-18-20-22-24-26-28-30-32-38(42)37(36-47-48(44,45)46-35-34-41(3,4)5)40-39(43)33-31-29-27-25-23-21-19-17-15-13-11-9-7-2/h9,11,15,17,21,23,27,29,37-38,42H,6-8,10,12-14,16,18-20,22,24-26,28,30-36H2,1-5H3,(H-,40,43,44,45)/b11-9-,17-15-,23-21-,29-27-. The summed E-state index contributed by atoms with van der Waals surface area (Å²) >= 11 is 0. The van der Waals surface area contributed by atoms with Crippen LogP contribution in [0.5, 0.6) is 0 Å². The molecule has 0 saturated carbocycles. The molecule has 48 heavy (non-hydrogen) atoms. The Morgan fingerprint density at radius 1 is 0.750 bits per heavy atom. The molecule has 0 aromatic carbocycles. The number of carbonyl (C=O) groups is 1. The Bertz CT molecular complexity index is 928. The number of rotatable bonds is 33. The van der Waals surface area contributed by atoms with Crippen molar-refractivity contribution >= 4 is 13.7 Å². The van der Waals surface area contributed by atoms with E-state index in [9.17, 15) is 19.4 Å². The lowest BCUT2D eigenvalue weighted by Gasteiger charge is -2.30. The van der Waals surface area contributed by atoms with Crippen LogP contribution in [0, 0.1) is 0 Å². The molecule has 0 rings (SSSR count). The summed E-state index contributed by atoms with van der Waals surface area (Å²) in [6.07, 6.45) is 37.0. The molecule has 0 saturated heterocycles. The van der Waals surface area contributed by atoms with E-state index in [0.717, 1.165) is 44.9 Å². The largest absolute Gasteiger partial charge is 0.756 e. The highest BCUT2D eigenvalue weighted by Gasteiger charge is 2.24. The van der Waals surface area contributed by atoms with Crippen molar-refractivity contribution in [1.82, 2.24) is 5.32 Å². The molecule has 0 fully saturated rings. The topological polar surface area (TPSA) is 108 Å². The molecule has 3 unspecified atom stereocenters. The van der Waals surface area contributed by atoms with E-state index in [4.69, 9.17) is 9.05 Å². The fourth-order valence-corrected chi connectivity index (χ4v) is 5.77. The molecule has 0 aliphatic rings. The Balaban J connectivity index is 4.60. The van der Waals surface area contributed by atoms with E-state index in [1.165, 1.54) is 64.2 Å². The molecule has 0 aliphatic carbocycles. The Morgan fingerprint density at radius 2 is 1.23 bits per heavy atom. The molecule has 2 N–H and O–H groups in total. The summed E-state index contributed by atoms with van der Waals surface area (Å²) in [5, 5.41) is 13.8. The minimum absolute atomic E-state index is 0.00230. The van der Waals surface area contributed by atoms with Gasteiger partial charge in [-0.2, -0.15) is 0 Å². The second-order valence-corrected chi connectivity index (χ2v) is 15.3. The van der Waals surface area contributed by atoms with E-state index in [-0.39, 0.29) is 25.5 Å². The first-order valence-corrected chi connectivity index (χ1v) is 20.4. The molecule has 0 spiro atoms. The molecule has 0 radical (unpaired) electrons. The maximum atomic E-state index is 12.7. The number of carbonyl (C=O) groups excluding carboxylic acids is 1. The van der Waals surface area contributed by atoms with E-state index >= 15 is 0 Å². The van der Waals surface area contributed by atoms with Gasteiger partial charge in [0.2, 0.25) is 5.91 Å². The number of likely N-dealkylation sites (N-methyl/N-ethyl adjacent to an activating group) is 1. The van der Waals surface area contributed by atoms with Gasteiger partial charge in [0.05, 0.1) is 39.9 Å². The van der Waals surface area contributed by atoms with Gasteiger partial charge in [-0.3, -0.25) is 9.36 Å². The molecule has 0 heterocycles. The Kier molecular flexibility index (Phi) is 30.4. The fourth-order valence-electron chi connectivity index (χ4n) is 5.05. The summed E-state index contributed by atoms with van der Waals surface area (Å²) in [6.45, 7) is 4.51. The lowest BCUT2D eigenvalue weighted by Crippen LogP contribution is -2.46. The van der Waals surface area contributed by atoms with Gasteiger partial charge >= 0.3 is 0 Å². The van der Waals surface area contributed by atoms with Crippen molar-refractivity contribution in [3.05, 3.63) is 48.6 Å². The maximum absolute atomic E-state index is 12.7. The number of aliphatic hydroxyl groups is 1. The van der Waals surface area contributed by atoms with Crippen molar-refractivity contribution in [3.8, 4) is 0 Å². The third kappa shape index (κ3) is 33.0. The van der Waals surface area contributed by atoms with E-state index < -0.39 is 20.0 Å². The predicted octanol–water partition coefficient (Wildman–Crippen LogP) is 9.11. The number of phosphoric acid groups is 1. The van der Waals surface area contributed by atoms with Crippen LogP contribution < -0.4 is 10.2 Å². The van der Waals surface area contributed by atoms with Crippen LogP contribution in [0.4, 0.5) is 0 Å². The van der Waals surface area contributed by atoms with Crippen LogP contribution in [-0.2, 0) is 18.4 Å². The van der Waals surface area contributed by atoms with Gasteiger partial charge in [-0.25, -0.2) is 0 Å². The van der Waals surface area contributed by atoms with Crippen LogP contribution >= 0.6 is 7.82 Å². The summed E-state index contributed by atoms with van der Waals surface area (Å²) in [5.74, 6) is -0.248. The summed E-state index contributed by atoms with van der Waals surface area (Å²) in [6, 6.07) is -0.837. The highest BCUT2D eigenvalue weighted by molar-refractivity contribution is 7.45. The average Bonchev–Trinajstić information content (AvgIpc) is 3.02. The van der Waals surface area contributed by atoms with Gasteiger partial charge in [0.15, 0.2) is 0 Å². The molecule has 3 atom stereocenters. The molecule has 8 nitrogen and oxygen atoms in total. The van der Waals surface area contributed by atoms with Crippen molar-refractivity contribution in [3.63, 3.8) is 0 Å². The van der Waals surface area contributed by atoms with Gasteiger partial charge in [0, 0.05) is 6.42 Å². The number of hydrogen-bond acceptors (Lipinski definition) is 6. The van der Waals surface area contributed by atoms with Crippen LogP contribution in [0.15, 0.2) is 48.6 Å². The molecule has 0 aliphatic heterocycles. The van der Waals surface area contributed by atoms with Crippen LogP contribution in [0.1, 0.15) is 142 Å². The molecular formula is C39H73N2O6P. The third-order valence-electron chi connectivity index (χ3n) is 8.09. The highest BCUT2D eigenvalue weighted by Crippen LogP contribution is 2.38. The number of quaternary nitrogens is 1. The quantitative estimate of drug-likeness (QED) is 0.0307. The Labute approximate surface area is 295 Å². The molecule has 280 valence electrons. The third-order valence-corrected chi connectivity index (χ3v) is 9.06. The zero-order chi connectivity index (χ0) is 35.8. The number of unbranched alkanes of at least 4 members (excludes halogenated alkanes) is 12. The van der Waals surface area contributed by atoms with Crippen LogP contribution in [-0.4, -0.2) is 68.5 Å². The maximum Gasteiger partial charge on any atom is 0.268 e. The molecular weight excluding hydrogens is 623 g/mol. The monoisotopic (exact) mass is 697 g/mol. The predicted molar refractivity (Wildman–Crippen MR) is 201 cm³/mol. The minimum Gasteiger partial charge on any atom is -0.756 e. The van der Waals surface area contributed by atoms with E-state index in [1.807, 2.05) is 33.3 Å². The van der Waals surface area contributed by atoms with Crippen molar-refractivity contribution < 1.29 is 32.9 Å². The van der Waals surface area contributed by atoms with Gasteiger partial charge in [-0.15, -0.1) is 0 Å². The molecule has 0 bridgehead atoms. The van der Waals surface area contributed by atoms with E-state index in [2.05, 4.69) is 55.6 Å². The van der Waals surface area contributed by atoms with Crippen LogP contribution in [0.3, 0.4) is 0 Å². The number of hydrogen-bond donors (Lipinski definition) is 2. The summed E-state index contributed by atoms with van der Waals surface area (Å²) in [5.41, 5.74) is 0. The van der Waals surface area contributed by atoms with E-state index in [1.54, 1.807) is 0 Å². The zero-order valence-corrected chi connectivity index (χ0v) is 32.3. The number of aliphatic hydroxyl groups excluding tert-OH is 1. The average molecular weight is 697 g/mol. The summed E-state index contributed by atoms with van der Waals surface area (Å²) in [4.78, 5) is 25.1. The summed E-state index contributed by atoms with van der Waals surface area (Å²) in [7, 11) is 1.25. The van der Waals surface area contributed by atoms with Gasteiger partial charge in [-0.05, 0) is 38.5 Å². The van der Waals surface area contributed by atoms with Gasteiger partial charge in [0.1, 0.15) is 13.2 Å². The van der Waals surface area contributed by atoms with Crippen molar-refractivity contribution in [1.29, 1.82) is 0 Å². The Morgan fingerprint density at radius 3 is 1.73 bits per heavy atom. The summed E-state index contributed by atoms with van der Waals surface area (Å²) < 4.78 is 23.1. The zero-order valence-electron chi connectivity index (χ0n) is 31.4. The number of nitrogens with zero attached hydrogens (tertiary/aromatic N) is 1. The highest BCUT2D eigenvalue weighted by atomic mass is 31.2. The first-order chi connectivity index (χ1) is 23.0. The van der Waals surface area contributed by atoms with Crippen molar-refractivity contribution in [2.24, 2.45) is 0 Å².